The summed E-state index contributed by atoms with van der Waals surface area (Å²) < 4.78 is 0. The lowest BCUT2D eigenvalue weighted by Crippen LogP contribution is -2.46. The summed E-state index contributed by atoms with van der Waals surface area (Å²) in [4.78, 5) is 2.84. The highest BCUT2D eigenvalue weighted by molar-refractivity contribution is 5.85. The third-order valence-corrected chi connectivity index (χ3v) is 6.31. The number of halogens is 1. The molecule has 2 heteroatoms. The Morgan fingerprint density at radius 3 is 1.90 bits per heavy atom. The Morgan fingerprint density at radius 1 is 0.700 bits per heavy atom. The van der Waals surface area contributed by atoms with Crippen molar-refractivity contribution in [3.05, 3.63) is 0 Å². The van der Waals surface area contributed by atoms with Gasteiger partial charge in [0.1, 0.15) is 0 Å². The molecule has 2 aliphatic carbocycles. The second kappa shape index (κ2) is 8.03. The minimum Gasteiger partial charge on any atom is -0.303 e. The van der Waals surface area contributed by atoms with E-state index in [1.54, 1.807) is 25.7 Å². The van der Waals surface area contributed by atoms with E-state index in [2.05, 4.69) is 4.90 Å². The molecular formula is C18H34ClN. The fourth-order valence-electron chi connectivity index (χ4n) is 5.23. The maximum Gasteiger partial charge on any atom is 0.00406 e. The Bertz CT molecular complexity index is 261. The molecule has 3 fully saturated rings. The average Bonchev–Trinajstić information content (AvgIpc) is 2.50. The largest absolute Gasteiger partial charge is 0.303 e. The summed E-state index contributed by atoms with van der Waals surface area (Å²) in [6.07, 6.45) is 19.7. The van der Waals surface area contributed by atoms with Gasteiger partial charge in [-0.05, 0) is 62.9 Å². The summed E-state index contributed by atoms with van der Waals surface area (Å²) >= 11 is 0. The van der Waals surface area contributed by atoms with Gasteiger partial charge >= 0.3 is 0 Å². The molecule has 20 heavy (non-hydrogen) atoms. The molecule has 1 nitrogen and oxygen atoms in total. The van der Waals surface area contributed by atoms with E-state index in [0.29, 0.717) is 0 Å². The number of nitrogens with zero attached hydrogens (tertiary/aromatic N) is 1. The predicted octanol–water partition coefficient (Wildman–Crippen LogP) is 5.42. The van der Waals surface area contributed by atoms with Crippen LogP contribution in [0.2, 0.25) is 0 Å². The minimum atomic E-state index is 0. The van der Waals surface area contributed by atoms with Crippen molar-refractivity contribution in [2.24, 2.45) is 11.3 Å². The van der Waals surface area contributed by atoms with E-state index < -0.39 is 0 Å². The van der Waals surface area contributed by atoms with Crippen LogP contribution in [-0.4, -0.2) is 24.5 Å². The molecule has 0 aromatic rings. The molecule has 0 N–H and O–H groups in total. The molecule has 0 bridgehead atoms. The molecule has 3 rings (SSSR count). The molecule has 1 aliphatic heterocycles. The van der Waals surface area contributed by atoms with Crippen LogP contribution in [0.5, 0.6) is 0 Å². The first-order chi connectivity index (χ1) is 9.39. The smallest absolute Gasteiger partial charge is 0.00406 e. The molecule has 0 radical (unpaired) electrons. The predicted molar refractivity (Wildman–Crippen MR) is 89.6 cm³/mol. The van der Waals surface area contributed by atoms with Gasteiger partial charge in [0.2, 0.25) is 0 Å². The highest BCUT2D eigenvalue weighted by atomic mass is 35.5. The number of piperidine rings is 1. The Balaban J connectivity index is 0.00000147. The zero-order valence-electron chi connectivity index (χ0n) is 13.2. The van der Waals surface area contributed by atoms with Crippen LogP contribution in [0.15, 0.2) is 0 Å². The van der Waals surface area contributed by atoms with E-state index in [0.717, 1.165) is 11.3 Å². The van der Waals surface area contributed by atoms with Gasteiger partial charge in [-0.25, -0.2) is 0 Å². The maximum atomic E-state index is 2.84. The van der Waals surface area contributed by atoms with Gasteiger partial charge in [-0.15, -0.1) is 12.4 Å². The van der Waals surface area contributed by atoms with Crippen molar-refractivity contribution in [1.82, 2.24) is 4.90 Å². The zero-order chi connectivity index (χ0) is 13.0. The topological polar surface area (TPSA) is 3.24 Å². The summed E-state index contributed by atoms with van der Waals surface area (Å²) in [6.45, 7) is 4.25. The van der Waals surface area contributed by atoms with Crippen LogP contribution >= 0.6 is 12.4 Å². The van der Waals surface area contributed by atoms with Crippen molar-refractivity contribution in [3.8, 4) is 0 Å². The number of hydrogen-bond donors (Lipinski definition) is 0. The lowest BCUT2D eigenvalue weighted by Gasteiger charge is -2.48. The highest BCUT2D eigenvalue weighted by Gasteiger charge is 2.41. The minimum absolute atomic E-state index is 0. The van der Waals surface area contributed by atoms with Crippen molar-refractivity contribution >= 4 is 12.4 Å². The molecule has 2 saturated carbocycles. The van der Waals surface area contributed by atoms with Gasteiger partial charge in [-0.3, -0.25) is 0 Å². The summed E-state index contributed by atoms with van der Waals surface area (Å²) in [5, 5.41) is 0. The van der Waals surface area contributed by atoms with Crippen molar-refractivity contribution in [2.75, 3.05) is 19.6 Å². The van der Waals surface area contributed by atoms with Crippen LogP contribution in [0, 0.1) is 11.3 Å². The number of likely N-dealkylation sites (tertiary alicyclic amines) is 1. The molecule has 0 amide bonds. The van der Waals surface area contributed by atoms with E-state index in [4.69, 9.17) is 0 Å². The molecule has 1 saturated heterocycles. The molecule has 0 spiro atoms. The van der Waals surface area contributed by atoms with Gasteiger partial charge < -0.3 is 4.90 Å². The molecular weight excluding hydrogens is 266 g/mol. The summed E-state index contributed by atoms with van der Waals surface area (Å²) in [6, 6.07) is 0. The number of hydrogen-bond acceptors (Lipinski definition) is 1. The van der Waals surface area contributed by atoms with Gasteiger partial charge in [0.25, 0.3) is 0 Å². The van der Waals surface area contributed by atoms with E-state index in [-0.39, 0.29) is 12.4 Å². The first-order valence-corrected chi connectivity index (χ1v) is 9.11. The molecule has 0 unspecified atom stereocenters. The zero-order valence-corrected chi connectivity index (χ0v) is 14.1. The van der Waals surface area contributed by atoms with E-state index in [1.165, 1.54) is 77.4 Å². The van der Waals surface area contributed by atoms with Crippen molar-refractivity contribution in [3.63, 3.8) is 0 Å². The Labute approximate surface area is 132 Å². The Hall–Kier alpha value is 0.250. The number of rotatable bonds is 3. The first kappa shape index (κ1) is 16.6. The van der Waals surface area contributed by atoms with Crippen LogP contribution in [0.3, 0.4) is 0 Å². The summed E-state index contributed by atoms with van der Waals surface area (Å²) in [5.74, 6) is 1.07. The van der Waals surface area contributed by atoms with Crippen molar-refractivity contribution in [2.45, 2.75) is 83.5 Å². The summed E-state index contributed by atoms with van der Waals surface area (Å²) in [7, 11) is 0. The fraction of sp³-hybridized carbons (Fsp3) is 1.00. The lowest BCUT2D eigenvalue weighted by atomic mass is 9.61. The van der Waals surface area contributed by atoms with E-state index >= 15 is 0 Å². The van der Waals surface area contributed by atoms with Gasteiger partial charge in [0.15, 0.2) is 0 Å². The Morgan fingerprint density at radius 2 is 1.25 bits per heavy atom. The average molecular weight is 300 g/mol. The second-order valence-electron chi connectivity index (χ2n) is 7.59. The van der Waals surface area contributed by atoms with Crippen LogP contribution in [0.4, 0.5) is 0 Å². The third kappa shape index (κ3) is 3.91. The highest BCUT2D eigenvalue weighted by Crippen LogP contribution is 2.48. The van der Waals surface area contributed by atoms with Crippen LogP contribution < -0.4 is 0 Å². The van der Waals surface area contributed by atoms with E-state index in [1.807, 2.05) is 0 Å². The van der Waals surface area contributed by atoms with Crippen molar-refractivity contribution in [1.29, 1.82) is 0 Å². The molecule has 1 heterocycles. The van der Waals surface area contributed by atoms with Gasteiger partial charge in [-0.1, -0.05) is 44.9 Å². The quantitative estimate of drug-likeness (QED) is 0.672. The third-order valence-electron chi connectivity index (χ3n) is 6.31. The Kier molecular flexibility index (Phi) is 6.68. The molecule has 0 atom stereocenters. The summed E-state index contributed by atoms with van der Waals surface area (Å²) in [5.41, 5.74) is 0.732. The monoisotopic (exact) mass is 299 g/mol. The molecule has 118 valence electrons. The second-order valence-corrected chi connectivity index (χ2v) is 7.59. The van der Waals surface area contributed by atoms with Crippen LogP contribution in [0.25, 0.3) is 0 Å². The SMILES string of the molecule is C1CCC(C2(CN3CCCCC3)CCCCC2)CC1.Cl. The van der Waals surface area contributed by atoms with E-state index in [9.17, 15) is 0 Å². The standard InChI is InChI=1S/C18H33N.ClH/c1-4-10-17(11-5-1)18(12-6-2-7-13-18)16-19-14-8-3-9-15-19;/h17H,1-16H2;1H. The van der Waals surface area contributed by atoms with Gasteiger partial charge in [0.05, 0.1) is 0 Å². The fourth-order valence-corrected chi connectivity index (χ4v) is 5.23. The van der Waals surface area contributed by atoms with Gasteiger partial charge in [0, 0.05) is 6.54 Å². The van der Waals surface area contributed by atoms with Gasteiger partial charge in [-0.2, -0.15) is 0 Å². The van der Waals surface area contributed by atoms with Crippen molar-refractivity contribution < 1.29 is 0 Å². The molecule has 0 aromatic heterocycles. The normalized spacial score (nSPS) is 28.8. The molecule has 3 aliphatic rings. The first-order valence-electron chi connectivity index (χ1n) is 9.11. The lowest BCUT2D eigenvalue weighted by molar-refractivity contribution is 0.0187. The van der Waals surface area contributed by atoms with Crippen LogP contribution in [-0.2, 0) is 0 Å². The maximum absolute atomic E-state index is 2.84. The van der Waals surface area contributed by atoms with Crippen LogP contribution in [0.1, 0.15) is 83.5 Å². The molecule has 0 aromatic carbocycles.